The van der Waals surface area contributed by atoms with Crippen LogP contribution >= 0.6 is 23.2 Å². The summed E-state index contributed by atoms with van der Waals surface area (Å²) in [5.41, 5.74) is 15.3. The first-order valence-electron chi connectivity index (χ1n) is 26.7. The highest BCUT2D eigenvalue weighted by molar-refractivity contribution is 6.31. The molecular weight excluding hydrogens is 1040 g/mol. The number of ether oxygens (including phenoxy) is 2. The number of halogens is 2. The summed E-state index contributed by atoms with van der Waals surface area (Å²) in [5, 5.41) is 1.14. The van der Waals surface area contributed by atoms with Gasteiger partial charge in [-0.1, -0.05) is 193 Å². The van der Waals surface area contributed by atoms with Crippen LogP contribution in [0.25, 0.3) is 55.6 Å². The van der Waals surface area contributed by atoms with Crippen molar-refractivity contribution >= 4 is 34.8 Å². The lowest BCUT2D eigenvalue weighted by Crippen LogP contribution is -2.29. The molecule has 0 heterocycles. The average Bonchev–Trinajstić information content (AvgIpc) is 3.33. The molecule has 81 heavy (non-hydrogen) atoms. The van der Waals surface area contributed by atoms with Crippen molar-refractivity contribution in [3.8, 4) is 78.6 Å². The SMILES string of the molecule is O=C(c1ccc(Cl)cc1)c1ccc(Oc2c(-c3ccccc3)cc(C3(c4cc(-c5ccccc5)c(Oc5ccc(C(=O)c6ccc(Cl)cc6)cc5)c(-c5ccccc5)c4)c4ccccc4-c4ccccc43)cc2-c2ccccc2)cc1. The van der Waals surface area contributed by atoms with Crippen LogP contribution in [0.5, 0.6) is 23.0 Å². The quantitative estimate of drug-likeness (QED) is 0.102. The van der Waals surface area contributed by atoms with E-state index in [1.807, 2.05) is 72.8 Å². The molecule has 1 aliphatic carbocycles. The molecule has 0 amide bonds. The number of ketones is 2. The van der Waals surface area contributed by atoms with Crippen LogP contribution < -0.4 is 9.47 Å². The molecule has 0 fully saturated rings. The Bertz CT molecular complexity index is 3880. The molecule has 0 atom stereocenters. The lowest BCUT2D eigenvalue weighted by molar-refractivity contribution is 0.103. The summed E-state index contributed by atoms with van der Waals surface area (Å²) in [6.07, 6.45) is 0. The Balaban J connectivity index is 1.05. The minimum Gasteiger partial charge on any atom is -0.456 e. The van der Waals surface area contributed by atoms with E-state index in [4.69, 9.17) is 32.7 Å². The molecule has 0 aromatic heterocycles. The minimum atomic E-state index is -0.933. The standard InChI is InChI=1S/C75H48Cl2O4/c76-59-37-29-53(30-38-59)71(78)55-33-41-61(42-34-55)80-73-65(49-17-5-1-6-18-49)45-57(46-66(73)50-19-7-2-8-20-50)75(69-27-15-13-25-63(69)64-26-14-16-28-70(64)75)58-47-67(51-21-9-3-10-22-51)74(68(48-58)52-23-11-4-12-24-52)81-62-43-35-56(36-44-62)72(79)54-31-39-60(77)40-32-54/h1-48H. The zero-order valence-electron chi connectivity index (χ0n) is 43.6. The molecule has 12 aromatic rings. The van der Waals surface area contributed by atoms with E-state index < -0.39 is 5.41 Å². The van der Waals surface area contributed by atoms with Gasteiger partial charge in [-0.3, -0.25) is 9.59 Å². The Kier molecular flexibility index (Phi) is 13.6. The van der Waals surface area contributed by atoms with Crippen molar-refractivity contribution in [2.45, 2.75) is 5.41 Å². The third kappa shape index (κ3) is 9.61. The predicted octanol–water partition coefficient (Wildman–Crippen LogP) is 20.1. The van der Waals surface area contributed by atoms with Crippen molar-refractivity contribution in [2.75, 3.05) is 0 Å². The largest absolute Gasteiger partial charge is 0.456 e. The summed E-state index contributed by atoms with van der Waals surface area (Å²) in [5.74, 6) is 2.28. The highest BCUT2D eigenvalue weighted by atomic mass is 35.5. The fourth-order valence-corrected chi connectivity index (χ4v) is 11.6. The van der Waals surface area contributed by atoms with E-state index in [0.717, 1.165) is 77.9 Å². The Morgan fingerprint density at radius 3 is 0.840 bits per heavy atom. The summed E-state index contributed by atoms with van der Waals surface area (Å²) >= 11 is 12.4. The van der Waals surface area contributed by atoms with E-state index in [0.29, 0.717) is 55.3 Å². The first-order chi connectivity index (χ1) is 39.8. The monoisotopic (exact) mass is 1080 g/mol. The van der Waals surface area contributed by atoms with Gasteiger partial charge in [0.2, 0.25) is 0 Å². The minimum absolute atomic E-state index is 0.108. The van der Waals surface area contributed by atoms with Crippen LogP contribution in [0.3, 0.4) is 0 Å². The normalized spacial score (nSPS) is 12.0. The maximum atomic E-state index is 13.7. The maximum Gasteiger partial charge on any atom is 0.193 e. The van der Waals surface area contributed by atoms with Crippen LogP contribution in [0, 0.1) is 0 Å². The van der Waals surface area contributed by atoms with Gasteiger partial charge in [-0.15, -0.1) is 0 Å². The highest BCUT2D eigenvalue weighted by Gasteiger charge is 2.47. The van der Waals surface area contributed by atoms with Gasteiger partial charge in [-0.25, -0.2) is 0 Å². The van der Waals surface area contributed by atoms with E-state index >= 15 is 0 Å². The molecule has 0 spiro atoms. The molecule has 12 aromatic carbocycles. The Labute approximate surface area is 480 Å². The fraction of sp³-hybridized carbons (Fsp3) is 0.0133. The van der Waals surface area contributed by atoms with Crippen molar-refractivity contribution in [2.24, 2.45) is 0 Å². The topological polar surface area (TPSA) is 52.6 Å². The Morgan fingerprint density at radius 2 is 0.543 bits per heavy atom. The van der Waals surface area contributed by atoms with Crippen LogP contribution in [-0.2, 0) is 5.41 Å². The van der Waals surface area contributed by atoms with E-state index in [1.165, 1.54) is 0 Å². The van der Waals surface area contributed by atoms with Crippen LogP contribution in [-0.4, -0.2) is 11.6 Å². The molecule has 0 radical (unpaired) electrons. The summed E-state index contributed by atoms with van der Waals surface area (Å²) in [7, 11) is 0. The molecule has 386 valence electrons. The van der Waals surface area contributed by atoms with Gasteiger partial charge in [0, 0.05) is 54.6 Å². The second kappa shape index (κ2) is 21.8. The van der Waals surface area contributed by atoms with Crippen LogP contribution in [0.2, 0.25) is 10.0 Å². The lowest BCUT2D eigenvalue weighted by atomic mass is 9.66. The summed E-state index contributed by atoms with van der Waals surface area (Å²) < 4.78 is 14.4. The number of rotatable bonds is 14. The number of carbonyl (C=O) groups excluding carboxylic acids is 2. The first-order valence-corrected chi connectivity index (χ1v) is 27.5. The molecule has 0 aliphatic heterocycles. The van der Waals surface area contributed by atoms with Gasteiger partial charge in [0.1, 0.15) is 23.0 Å². The lowest BCUT2D eigenvalue weighted by Gasteiger charge is -2.36. The summed E-state index contributed by atoms with van der Waals surface area (Å²) in [6.45, 7) is 0. The molecule has 13 rings (SSSR count). The number of benzene rings is 12. The van der Waals surface area contributed by atoms with Crippen molar-refractivity contribution in [3.05, 3.63) is 346 Å². The maximum absolute atomic E-state index is 13.7. The third-order valence-electron chi connectivity index (χ3n) is 15.2. The molecule has 4 nitrogen and oxygen atoms in total. The van der Waals surface area contributed by atoms with Gasteiger partial charge in [-0.2, -0.15) is 0 Å². The van der Waals surface area contributed by atoms with Crippen molar-refractivity contribution < 1.29 is 19.1 Å². The highest BCUT2D eigenvalue weighted by Crippen LogP contribution is 2.60. The predicted molar refractivity (Wildman–Crippen MR) is 328 cm³/mol. The van der Waals surface area contributed by atoms with Gasteiger partial charge < -0.3 is 9.47 Å². The van der Waals surface area contributed by atoms with Gasteiger partial charge >= 0.3 is 0 Å². The van der Waals surface area contributed by atoms with E-state index in [1.54, 1.807) is 48.5 Å². The van der Waals surface area contributed by atoms with Gasteiger partial charge in [-0.05, 0) is 177 Å². The zero-order chi connectivity index (χ0) is 54.9. The van der Waals surface area contributed by atoms with Crippen molar-refractivity contribution in [1.29, 1.82) is 0 Å². The fourth-order valence-electron chi connectivity index (χ4n) is 11.4. The number of fused-ring (bicyclic) bond motifs is 3. The van der Waals surface area contributed by atoms with E-state index in [9.17, 15) is 9.59 Å². The second-order valence-electron chi connectivity index (χ2n) is 20.0. The van der Waals surface area contributed by atoms with E-state index in [-0.39, 0.29) is 11.6 Å². The Morgan fingerprint density at radius 1 is 0.284 bits per heavy atom. The molecule has 0 unspecified atom stereocenters. The summed E-state index contributed by atoms with van der Waals surface area (Å²) in [4.78, 5) is 27.3. The molecule has 0 bridgehead atoms. The molecule has 0 saturated carbocycles. The third-order valence-corrected chi connectivity index (χ3v) is 15.7. The smallest absolute Gasteiger partial charge is 0.193 e. The first kappa shape index (κ1) is 50.7. The van der Waals surface area contributed by atoms with Crippen LogP contribution in [0.15, 0.2) is 291 Å². The van der Waals surface area contributed by atoms with Crippen molar-refractivity contribution in [3.63, 3.8) is 0 Å². The van der Waals surface area contributed by atoms with Gasteiger partial charge in [0.25, 0.3) is 0 Å². The molecule has 1 aliphatic rings. The number of carbonyl (C=O) groups is 2. The molecule has 0 N–H and O–H groups in total. The van der Waals surface area contributed by atoms with E-state index in [2.05, 4.69) is 170 Å². The van der Waals surface area contributed by atoms with Crippen LogP contribution in [0.4, 0.5) is 0 Å². The van der Waals surface area contributed by atoms with Crippen molar-refractivity contribution in [1.82, 2.24) is 0 Å². The van der Waals surface area contributed by atoms with Gasteiger partial charge in [0.15, 0.2) is 11.6 Å². The molecule has 0 saturated heterocycles. The zero-order valence-corrected chi connectivity index (χ0v) is 45.1. The number of hydrogen-bond donors (Lipinski definition) is 0. The van der Waals surface area contributed by atoms with Gasteiger partial charge in [0.05, 0.1) is 5.41 Å². The molecular formula is C75H48Cl2O4. The Hall–Kier alpha value is -9.84. The molecule has 6 heteroatoms. The summed E-state index contributed by atoms with van der Waals surface area (Å²) in [6, 6.07) is 97.0. The number of hydrogen-bond acceptors (Lipinski definition) is 4. The average molecular weight is 1080 g/mol. The van der Waals surface area contributed by atoms with Crippen LogP contribution in [0.1, 0.15) is 54.1 Å². The second-order valence-corrected chi connectivity index (χ2v) is 20.9.